The van der Waals surface area contributed by atoms with Crippen molar-refractivity contribution >= 4 is 11.7 Å². The van der Waals surface area contributed by atoms with E-state index in [2.05, 4.69) is 10.2 Å². The number of nitrogens with one attached hydrogen (secondary N) is 1. The predicted octanol–water partition coefficient (Wildman–Crippen LogP) is 1.10. The number of carbonyl (C=O) groups is 2. The summed E-state index contributed by atoms with van der Waals surface area (Å²) < 4.78 is 0. The molecule has 1 heterocycles. The molecule has 1 N–H and O–H groups in total. The Morgan fingerprint density at radius 2 is 2.12 bits per heavy atom. The van der Waals surface area contributed by atoms with Crippen molar-refractivity contribution in [1.29, 1.82) is 0 Å². The fourth-order valence-electron chi connectivity index (χ4n) is 3.00. The van der Waals surface area contributed by atoms with Gasteiger partial charge in [0.05, 0.1) is 6.04 Å². The van der Waals surface area contributed by atoms with E-state index < -0.39 is 0 Å². The third-order valence-corrected chi connectivity index (χ3v) is 3.84. The molecule has 0 aromatic heterocycles. The number of likely N-dealkylation sites (tertiary alicyclic amines) is 1. The van der Waals surface area contributed by atoms with E-state index in [1.807, 2.05) is 0 Å². The monoisotopic (exact) mass is 238 g/mol. The summed E-state index contributed by atoms with van der Waals surface area (Å²) in [6.07, 6.45) is 6.13. The average Bonchev–Trinajstić information content (AvgIpc) is 2.59. The second-order valence-electron chi connectivity index (χ2n) is 5.26. The van der Waals surface area contributed by atoms with Crippen LogP contribution in [0.3, 0.4) is 0 Å². The van der Waals surface area contributed by atoms with Gasteiger partial charge in [0.25, 0.3) is 0 Å². The number of ketones is 1. The smallest absolute Gasteiger partial charge is 0.217 e. The molecule has 4 heteroatoms. The van der Waals surface area contributed by atoms with E-state index in [1.165, 1.54) is 6.42 Å². The van der Waals surface area contributed by atoms with Crippen molar-refractivity contribution < 1.29 is 9.59 Å². The van der Waals surface area contributed by atoms with Crippen LogP contribution in [0.4, 0.5) is 0 Å². The van der Waals surface area contributed by atoms with Gasteiger partial charge in [-0.1, -0.05) is 12.8 Å². The van der Waals surface area contributed by atoms with Gasteiger partial charge >= 0.3 is 0 Å². The Bertz CT molecular complexity index is 304. The summed E-state index contributed by atoms with van der Waals surface area (Å²) in [5.74, 6) is 0.440. The molecule has 1 saturated carbocycles. The van der Waals surface area contributed by atoms with Crippen LogP contribution in [0.5, 0.6) is 0 Å². The Labute approximate surface area is 103 Å². The van der Waals surface area contributed by atoms with Gasteiger partial charge in [-0.05, 0) is 19.3 Å². The van der Waals surface area contributed by atoms with Crippen LogP contribution in [-0.4, -0.2) is 41.8 Å². The van der Waals surface area contributed by atoms with Crippen LogP contribution in [0.25, 0.3) is 0 Å². The lowest BCUT2D eigenvalue weighted by atomic mass is 10.1. The molecule has 0 spiro atoms. The van der Waals surface area contributed by atoms with Crippen LogP contribution in [0.2, 0.25) is 0 Å². The van der Waals surface area contributed by atoms with E-state index in [4.69, 9.17) is 0 Å². The van der Waals surface area contributed by atoms with Crippen molar-refractivity contribution in [3.8, 4) is 0 Å². The van der Waals surface area contributed by atoms with E-state index in [9.17, 15) is 9.59 Å². The van der Waals surface area contributed by atoms with E-state index in [0.717, 1.165) is 45.2 Å². The molecule has 0 aromatic rings. The minimum absolute atomic E-state index is 0.0315. The zero-order valence-electron chi connectivity index (χ0n) is 10.6. The van der Waals surface area contributed by atoms with Gasteiger partial charge < -0.3 is 5.32 Å². The fourth-order valence-corrected chi connectivity index (χ4v) is 3.00. The topological polar surface area (TPSA) is 49.4 Å². The van der Waals surface area contributed by atoms with Crippen LogP contribution in [0, 0.1) is 0 Å². The number of Topliss-reactive ketones (excluding diaryl/α,β-unsaturated/α-hetero) is 1. The number of hydrogen-bond donors (Lipinski definition) is 1. The van der Waals surface area contributed by atoms with Crippen LogP contribution in [-0.2, 0) is 9.59 Å². The van der Waals surface area contributed by atoms with Gasteiger partial charge in [0, 0.05) is 32.5 Å². The maximum Gasteiger partial charge on any atom is 0.217 e. The van der Waals surface area contributed by atoms with E-state index >= 15 is 0 Å². The first-order chi connectivity index (χ1) is 8.16. The molecule has 2 fully saturated rings. The van der Waals surface area contributed by atoms with E-state index in [0.29, 0.717) is 5.78 Å². The molecule has 2 rings (SSSR count). The third-order valence-electron chi connectivity index (χ3n) is 3.84. The van der Waals surface area contributed by atoms with Gasteiger partial charge in [0.15, 0.2) is 0 Å². The maximum absolute atomic E-state index is 12.0. The average molecular weight is 238 g/mol. The van der Waals surface area contributed by atoms with Gasteiger partial charge in [0.1, 0.15) is 5.78 Å². The first-order valence-corrected chi connectivity index (χ1v) is 6.70. The van der Waals surface area contributed by atoms with Crippen LogP contribution in [0.15, 0.2) is 0 Å². The second kappa shape index (κ2) is 5.63. The van der Waals surface area contributed by atoms with Crippen molar-refractivity contribution in [1.82, 2.24) is 10.2 Å². The Kier molecular flexibility index (Phi) is 4.15. The number of carbonyl (C=O) groups excluding carboxylic acids is 2. The lowest BCUT2D eigenvalue weighted by Crippen LogP contribution is -2.42. The molecule has 0 aromatic carbocycles. The molecule has 17 heavy (non-hydrogen) atoms. The first kappa shape index (κ1) is 12.6. The Morgan fingerprint density at radius 1 is 1.29 bits per heavy atom. The first-order valence-electron chi connectivity index (χ1n) is 6.70. The molecule has 96 valence electrons. The summed E-state index contributed by atoms with van der Waals surface area (Å²) in [6, 6.07) is 0.361. The number of hydrogen-bond acceptors (Lipinski definition) is 3. The largest absolute Gasteiger partial charge is 0.352 e. The van der Waals surface area contributed by atoms with Gasteiger partial charge in [-0.2, -0.15) is 0 Å². The summed E-state index contributed by atoms with van der Waals surface area (Å²) in [5, 5.41) is 2.95. The Balaban J connectivity index is 1.90. The molecule has 1 aliphatic heterocycles. The number of rotatable bonds is 2. The van der Waals surface area contributed by atoms with Crippen molar-refractivity contribution in [2.24, 2.45) is 0 Å². The fraction of sp³-hybridized carbons (Fsp3) is 0.846. The van der Waals surface area contributed by atoms with Crippen molar-refractivity contribution in [3.05, 3.63) is 0 Å². The molecular formula is C13H22N2O2. The third kappa shape index (κ3) is 3.28. The zero-order valence-corrected chi connectivity index (χ0v) is 10.6. The van der Waals surface area contributed by atoms with Gasteiger partial charge in [-0.3, -0.25) is 14.5 Å². The molecule has 2 unspecified atom stereocenters. The minimum Gasteiger partial charge on any atom is -0.352 e. The number of nitrogens with zero attached hydrogens (tertiary/aromatic N) is 1. The molecule has 1 amide bonds. The molecule has 2 atom stereocenters. The molecule has 4 nitrogen and oxygen atoms in total. The SMILES string of the molecule is CC(=O)NC1CCN(C2CCCCCC2=O)C1. The van der Waals surface area contributed by atoms with Gasteiger partial charge in [-0.25, -0.2) is 0 Å². The Morgan fingerprint density at radius 3 is 2.88 bits per heavy atom. The van der Waals surface area contributed by atoms with E-state index in [1.54, 1.807) is 6.92 Å². The summed E-state index contributed by atoms with van der Waals surface area (Å²) in [7, 11) is 0. The highest BCUT2D eigenvalue weighted by Gasteiger charge is 2.32. The highest BCUT2D eigenvalue weighted by atomic mass is 16.1. The summed E-state index contributed by atoms with van der Waals surface area (Å²) in [6.45, 7) is 3.34. The lowest BCUT2D eigenvalue weighted by Gasteiger charge is -2.25. The van der Waals surface area contributed by atoms with Crippen molar-refractivity contribution in [2.45, 2.75) is 57.5 Å². The van der Waals surface area contributed by atoms with E-state index in [-0.39, 0.29) is 18.0 Å². The van der Waals surface area contributed by atoms with Crippen molar-refractivity contribution in [3.63, 3.8) is 0 Å². The van der Waals surface area contributed by atoms with Crippen LogP contribution in [0.1, 0.15) is 45.4 Å². The summed E-state index contributed by atoms with van der Waals surface area (Å²) in [5.41, 5.74) is 0. The minimum atomic E-state index is 0.0315. The van der Waals surface area contributed by atoms with Crippen LogP contribution < -0.4 is 5.32 Å². The second-order valence-corrected chi connectivity index (χ2v) is 5.26. The Hall–Kier alpha value is -0.900. The molecule has 1 aliphatic carbocycles. The van der Waals surface area contributed by atoms with Gasteiger partial charge in [0.2, 0.25) is 5.91 Å². The standard InChI is InChI=1S/C13H22N2O2/c1-10(16)14-11-7-8-15(9-11)12-5-3-2-4-6-13(12)17/h11-12H,2-9H2,1H3,(H,14,16). The quantitative estimate of drug-likeness (QED) is 0.733. The van der Waals surface area contributed by atoms with Crippen LogP contribution >= 0.6 is 0 Å². The lowest BCUT2D eigenvalue weighted by molar-refractivity contribution is -0.123. The normalized spacial score (nSPS) is 31.2. The summed E-state index contributed by atoms with van der Waals surface area (Å²) in [4.78, 5) is 25.3. The molecule has 1 saturated heterocycles. The molecular weight excluding hydrogens is 216 g/mol. The zero-order chi connectivity index (χ0) is 12.3. The molecule has 0 radical (unpaired) electrons. The summed E-state index contributed by atoms with van der Waals surface area (Å²) >= 11 is 0. The molecule has 0 bridgehead atoms. The molecule has 2 aliphatic rings. The highest BCUT2D eigenvalue weighted by Crippen LogP contribution is 2.22. The number of amides is 1. The predicted molar refractivity (Wildman–Crippen MR) is 65.7 cm³/mol. The maximum atomic E-state index is 12.0. The highest BCUT2D eigenvalue weighted by molar-refractivity contribution is 5.84. The van der Waals surface area contributed by atoms with Crippen molar-refractivity contribution in [2.75, 3.05) is 13.1 Å². The van der Waals surface area contributed by atoms with Gasteiger partial charge in [-0.15, -0.1) is 0 Å².